The van der Waals surface area contributed by atoms with Crippen LogP contribution in [0.2, 0.25) is 0 Å². The monoisotopic (exact) mass is 166 g/mol. The van der Waals surface area contributed by atoms with Crippen molar-refractivity contribution < 1.29 is 12.8 Å². The molecule has 0 aromatic rings. The van der Waals surface area contributed by atoms with E-state index in [1.165, 1.54) is 0 Å². The predicted molar refractivity (Wildman–Crippen MR) is 37.1 cm³/mol. The van der Waals surface area contributed by atoms with Crippen LogP contribution in [0, 0.1) is 5.92 Å². The van der Waals surface area contributed by atoms with Crippen LogP contribution in [0.4, 0.5) is 4.39 Å². The van der Waals surface area contributed by atoms with Gasteiger partial charge in [-0.25, -0.2) is 12.8 Å². The lowest BCUT2D eigenvalue weighted by Crippen LogP contribution is -2.24. The minimum atomic E-state index is -3.44. The lowest BCUT2D eigenvalue weighted by molar-refractivity contribution is 0.271. The molecule has 4 heteroatoms. The summed E-state index contributed by atoms with van der Waals surface area (Å²) in [5.41, 5.74) is 0. The fourth-order valence-corrected chi connectivity index (χ4v) is 3.11. The van der Waals surface area contributed by atoms with Crippen LogP contribution >= 0.6 is 0 Å². The van der Waals surface area contributed by atoms with Crippen LogP contribution in [0.15, 0.2) is 0 Å². The topological polar surface area (TPSA) is 34.1 Å². The van der Waals surface area contributed by atoms with E-state index in [2.05, 4.69) is 0 Å². The Labute approximate surface area is 60.3 Å². The molecule has 2 atom stereocenters. The molecule has 1 heterocycles. The lowest BCUT2D eigenvalue weighted by atomic mass is 10.1. The normalized spacial score (nSPS) is 45.7. The summed E-state index contributed by atoms with van der Waals surface area (Å²) in [6.07, 6.45) is 0.148. The fraction of sp³-hybridized carbons (Fsp3) is 1.00. The third-order valence-electron chi connectivity index (χ3n) is 1.87. The molecule has 0 aromatic carbocycles. The highest BCUT2D eigenvalue weighted by molar-refractivity contribution is 7.92. The Morgan fingerprint density at radius 2 is 2.10 bits per heavy atom. The number of rotatable bonds is 0. The minimum Gasteiger partial charge on any atom is -0.227 e. The average molecular weight is 166 g/mol. The summed E-state index contributed by atoms with van der Waals surface area (Å²) < 4.78 is 34.9. The van der Waals surface area contributed by atoms with Gasteiger partial charge in [0, 0.05) is 0 Å². The highest BCUT2D eigenvalue weighted by atomic mass is 32.2. The van der Waals surface area contributed by atoms with E-state index in [9.17, 15) is 12.8 Å². The van der Waals surface area contributed by atoms with E-state index in [1.807, 2.05) is 0 Å². The summed E-state index contributed by atoms with van der Waals surface area (Å²) in [6, 6.07) is 0. The Balaban J connectivity index is 3.01. The van der Waals surface area contributed by atoms with Crippen LogP contribution in [-0.2, 0) is 9.84 Å². The molecular formula is C6H11FO2S. The molecule has 1 fully saturated rings. The van der Waals surface area contributed by atoms with Gasteiger partial charge in [0.25, 0.3) is 0 Å². The number of hydrogen-bond donors (Lipinski definition) is 0. The maximum Gasteiger partial charge on any atom is 0.208 e. The summed E-state index contributed by atoms with van der Waals surface area (Å²) in [4.78, 5) is 0. The summed E-state index contributed by atoms with van der Waals surface area (Å²) in [7, 11) is -3.44. The van der Waals surface area contributed by atoms with Crippen molar-refractivity contribution in [1.82, 2.24) is 0 Å². The standard InChI is InChI=1S/C6H11FO2S/c1-5-3-6(2,7)10(8,9)4-5/h5H,3-4H2,1-2H3. The lowest BCUT2D eigenvalue weighted by Gasteiger charge is -2.09. The predicted octanol–water partition coefficient (Wildman–Crippen LogP) is 1.13. The molecule has 0 bridgehead atoms. The van der Waals surface area contributed by atoms with Crippen molar-refractivity contribution in [1.29, 1.82) is 0 Å². The zero-order chi connectivity index (χ0) is 7.99. The van der Waals surface area contributed by atoms with Crippen molar-refractivity contribution in [2.75, 3.05) is 5.75 Å². The zero-order valence-corrected chi connectivity index (χ0v) is 6.91. The quantitative estimate of drug-likeness (QED) is 0.540. The molecule has 1 rings (SSSR count). The van der Waals surface area contributed by atoms with Crippen LogP contribution in [0.25, 0.3) is 0 Å². The summed E-state index contributed by atoms with van der Waals surface area (Å²) in [5.74, 6) is -0.0278. The smallest absolute Gasteiger partial charge is 0.208 e. The van der Waals surface area contributed by atoms with Crippen molar-refractivity contribution >= 4 is 9.84 Å². The van der Waals surface area contributed by atoms with Gasteiger partial charge in [0.05, 0.1) is 5.75 Å². The molecule has 0 saturated carbocycles. The summed E-state index contributed by atoms with van der Waals surface area (Å²) in [6.45, 7) is 2.90. The zero-order valence-electron chi connectivity index (χ0n) is 6.09. The molecule has 1 saturated heterocycles. The first kappa shape index (κ1) is 7.98. The Hall–Kier alpha value is -0.120. The van der Waals surface area contributed by atoms with Crippen molar-refractivity contribution in [3.63, 3.8) is 0 Å². The first-order chi connectivity index (χ1) is 4.35. The molecule has 60 valence electrons. The molecule has 0 spiro atoms. The molecular weight excluding hydrogens is 155 g/mol. The van der Waals surface area contributed by atoms with Gasteiger partial charge in [-0.1, -0.05) is 6.92 Å². The second-order valence-corrected chi connectivity index (χ2v) is 5.61. The number of sulfone groups is 1. The van der Waals surface area contributed by atoms with E-state index in [-0.39, 0.29) is 18.1 Å². The van der Waals surface area contributed by atoms with Gasteiger partial charge in [-0.05, 0) is 19.3 Å². The molecule has 2 nitrogen and oxygen atoms in total. The van der Waals surface area contributed by atoms with E-state index < -0.39 is 14.8 Å². The van der Waals surface area contributed by atoms with E-state index in [0.717, 1.165) is 6.92 Å². The largest absolute Gasteiger partial charge is 0.227 e. The van der Waals surface area contributed by atoms with Crippen molar-refractivity contribution in [2.45, 2.75) is 25.3 Å². The second-order valence-electron chi connectivity index (χ2n) is 3.19. The Morgan fingerprint density at radius 3 is 2.20 bits per heavy atom. The molecule has 0 aromatic heterocycles. The van der Waals surface area contributed by atoms with E-state index in [0.29, 0.717) is 0 Å². The first-order valence-corrected chi connectivity index (χ1v) is 4.91. The van der Waals surface area contributed by atoms with Crippen LogP contribution in [-0.4, -0.2) is 19.2 Å². The van der Waals surface area contributed by atoms with Gasteiger partial charge in [-0.2, -0.15) is 0 Å². The van der Waals surface area contributed by atoms with Crippen LogP contribution in [0.3, 0.4) is 0 Å². The van der Waals surface area contributed by atoms with E-state index in [4.69, 9.17) is 0 Å². The van der Waals surface area contributed by atoms with Crippen molar-refractivity contribution in [3.05, 3.63) is 0 Å². The molecule has 1 aliphatic heterocycles. The maximum absolute atomic E-state index is 13.1. The molecule has 10 heavy (non-hydrogen) atoms. The maximum atomic E-state index is 13.1. The average Bonchev–Trinajstić information content (AvgIpc) is 1.73. The van der Waals surface area contributed by atoms with Gasteiger partial charge >= 0.3 is 0 Å². The van der Waals surface area contributed by atoms with Gasteiger partial charge in [-0.15, -0.1) is 0 Å². The van der Waals surface area contributed by atoms with Crippen LogP contribution in [0.1, 0.15) is 20.3 Å². The Kier molecular flexibility index (Phi) is 1.54. The minimum absolute atomic E-state index is 0. The van der Waals surface area contributed by atoms with Crippen LogP contribution in [0.5, 0.6) is 0 Å². The summed E-state index contributed by atoms with van der Waals surface area (Å²) in [5, 5.41) is -1.97. The number of alkyl halides is 1. The molecule has 0 amide bonds. The fourth-order valence-electron chi connectivity index (χ4n) is 1.36. The number of halogens is 1. The summed E-state index contributed by atoms with van der Waals surface area (Å²) >= 11 is 0. The van der Waals surface area contributed by atoms with Gasteiger partial charge in [0.2, 0.25) is 5.00 Å². The van der Waals surface area contributed by atoms with Crippen LogP contribution < -0.4 is 0 Å². The molecule has 1 aliphatic rings. The van der Waals surface area contributed by atoms with Crippen molar-refractivity contribution in [2.24, 2.45) is 5.92 Å². The Bertz CT molecular complexity index is 230. The SMILES string of the molecule is CC1CC(C)(F)S(=O)(=O)C1. The van der Waals surface area contributed by atoms with Gasteiger partial charge in [0.1, 0.15) is 0 Å². The highest BCUT2D eigenvalue weighted by Gasteiger charge is 2.47. The van der Waals surface area contributed by atoms with Crippen molar-refractivity contribution in [3.8, 4) is 0 Å². The van der Waals surface area contributed by atoms with Gasteiger partial charge in [0.15, 0.2) is 9.84 Å². The highest BCUT2D eigenvalue weighted by Crippen LogP contribution is 2.36. The third-order valence-corrected chi connectivity index (χ3v) is 4.34. The molecule has 0 N–H and O–H groups in total. The molecule has 2 unspecified atom stereocenters. The van der Waals surface area contributed by atoms with Gasteiger partial charge in [-0.3, -0.25) is 0 Å². The van der Waals surface area contributed by atoms with Gasteiger partial charge < -0.3 is 0 Å². The molecule has 0 aliphatic carbocycles. The number of hydrogen-bond acceptors (Lipinski definition) is 2. The van der Waals surface area contributed by atoms with E-state index in [1.54, 1.807) is 6.92 Å². The van der Waals surface area contributed by atoms with E-state index >= 15 is 0 Å². The third kappa shape index (κ3) is 1.05. The Morgan fingerprint density at radius 1 is 1.60 bits per heavy atom. The second kappa shape index (κ2) is 1.94. The molecule has 0 radical (unpaired) electrons. The first-order valence-electron chi connectivity index (χ1n) is 3.26.